The summed E-state index contributed by atoms with van der Waals surface area (Å²) in [5.74, 6) is 0.110. The Morgan fingerprint density at radius 1 is 1.30 bits per heavy atom. The lowest BCUT2D eigenvalue weighted by Gasteiger charge is -2.15. The number of hydrogen-bond donors (Lipinski definition) is 1. The molecule has 1 aromatic carbocycles. The van der Waals surface area contributed by atoms with Crippen molar-refractivity contribution >= 4 is 15.9 Å². The molecule has 0 radical (unpaired) electrons. The van der Waals surface area contributed by atoms with Crippen LogP contribution in [0.5, 0.6) is 0 Å². The van der Waals surface area contributed by atoms with Gasteiger partial charge in [0.1, 0.15) is 0 Å². The number of benzene rings is 1. The van der Waals surface area contributed by atoms with Crippen LogP contribution in [0.4, 0.5) is 0 Å². The number of nitrogens with zero attached hydrogens (tertiary/aromatic N) is 2. The highest BCUT2D eigenvalue weighted by Gasteiger charge is 2.15. The van der Waals surface area contributed by atoms with Crippen LogP contribution in [-0.4, -0.2) is 21.5 Å². The van der Waals surface area contributed by atoms with E-state index in [0.717, 1.165) is 35.1 Å². The van der Waals surface area contributed by atoms with Gasteiger partial charge in [0.15, 0.2) is 0 Å². The van der Waals surface area contributed by atoms with Gasteiger partial charge < -0.3 is 5.11 Å². The molecule has 0 spiro atoms. The Morgan fingerprint density at radius 2 is 2.10 bits per heavy atom. The SMILES string of the molecule is CCc1cc(CC(CO)c2cccc(Br)c2)n(CC)n1. The zero-order valence-corrected chi connectivity index (χ0v) is 13.6. The first-order chi connectivity index (χ1) is 9.67. The van der Waals surface area contributed by atoms with Crippen LogP contribution in [0, 0.1) is 0 Å². The zero-order chi connectivity index (χ0) is 14.5. The average molecular weight is 337 g/mol. The van der Waals surface area contributed by atoms with E-state index in [-0.39, 0.29) is 12.5 Å². The van der Waals surface area contributed by atoms with Crippen LogP contribution in [-0.2, 0) is 19.4 Å². The number of hydrogen-bond acceptors (Lipinski definition) is 2. The fraction of sp³-hybridized carbons (Fsp3) is 0.438. The van der Waals surface area contributed by atoms with Gasteiger partial charge >= 0.3 is 0 Å². The molecule has 0 saturated carbocycles. The van der Waals surface area contributed by atoms with Gasteiger partial charge in [0, 0.05) is 22.6 Å². The third kappa shape index (κ3) is 3.49. The van der Waals surface area contributed by atoms with Crippen LogP contribution in [0.2, 0.25) is 0 Å². The summed E-state index contributed by atoms with van der Waals surface area (Å²) in [5.41, 5.74) is 3.47. The smallest absolute Gasteiger partial charge is 0.0624 e. The minimum absolute atomic E-state index is 0.110. The van der Waals surface area contributed by atoms with Crippen molar-refractivity contribution in [2.45, 2.75) is 39.2 Å². The van der Waals surface area contributed by atoms with Crippen molar-refractivity contribution < 1.29 is 5.11 Å². The Bertz CT molecular complexity index is 565. The van der Waals surface area contributed by atoms with E-state index in [4.69, 9.17) is 0 Å². The van der Waals surface area contributed by atoms with Crippen molar-refractivity contribution in [1.29, 1.82) is 0 Å². The van der Waals surface area contributed by atoms with Crippen LogP contribution in [0.1, 0.15) is 36.7 Å². The summed E-state index contributed by atoms with van der Waals surface area (Å²) in [5, 5.41) is 14.3. The van der Waals surface area contributed by atoms with Gasteiger partial charge in [0.05, 0.1) is 12.3 Å². The second-order valence-corrected chi connectivity index (χ2v) is 5.85. The van der Waals surface area contributed by atoms with E-state index in [2.05, 4.69) is 53.1 Å². The van der Waals surface area contributed by atoms with E-state index < -0.39 is 0 Å². The molecule has 0 aliphatic carbocycles. The highest BCUT2D eigenvalue weighted by atomic mass is 79.9. The molecule has 0 amide bonds. The molecule has 0 fully saturated rings. The lowest BCUT2D eigenvalue weighted by atomic mass is 9.95. The van der Waals surface area contributed by atoms with Crippen LogP contribution in [0.3, 0.4) is 0 Å². The lowest BCUT2D eigenvalue weighted by molar-refractivity contribution is 0.262. The fourth-order valence-electron chi connectivity index (χ4n) is 2.43. The topological polar surface area (TPSA) is 38.0 Å². The minimum atomic E-state index is 0.110. The van der Waals surface area contributed by atoms with E-state index in [9.17, 15) is 5.11 Å². The fourth-order valence-corrected chi connectivity index (χ4v) is 2.84. The third-order valence-corrected chi connectivity index (χ3v) is 4.06. The molecule has 1 atom stereocenters. The highest BCUT2D eigenvalue weighted by molar-refractivity contribution is 9.10. The summed E-state index contributed by atoms with van der Waals surface area (Å²) in [7, 11) is 0. The summed E-state index contributed by atoms with van der Waals surface area (Å²) >= 11 is 3.49. The molecule has 3 nitrogen and oxygen atoms in total. The van der Waals surface area contributed by atoms with Crippen molar-refractivity contribution in [3.8, 4) is 0 Å². The molecule has 2 aromatic rings. The number of aliphatic hydroxyl groups is 1. The molecule has 1 aromatic heterocycles. The maximum absolute atomic E-state index is 9.71. The van der Waals surface area contributed by atoms with Gasteiger partial charge in [-0.2, -0.15) is 5.10 Å². The second-order valence-electron chi connectivity index (χ2n) is 4.93. The normalized spacial score (nSPS) is 12.6. The number of aliphatic hydroxyl groups excluding tert-OH is 1. The molecule has 20 heavy (non-hydrogen) atoms. The molecule has 0 bridgehead atoms. The molecular formula is C16H21BrN2O. The second kappa shape index (κ2) is 7.04. The molecule has 0 aliphatic heterocycles. The Labute approximate surface area is 128 Å². The molecule has 0 aliphatic rings. The largest absolute Gasteiger partial charge is 0.396 e. The van der Waals surface area contributed by atoms with Crippen LogP contribution < -0.4 is 0 Å². The van der Waals surface area contributed by atoms with E-state index in [1.54, 1.807) is 0 Å². The van der Waals surface area contributed by atoms with Gasteiger partial charge in [-0.15, -0.1) is 0 Å². The van der Waals surface area contributed by atoms with Gasteiger partial charge in [-0.3, -0.25) is 4.68 Å². The number of aryl methyl sites for hydroxylation is 2. The Balaban J connectivity index is 2.24. The van der Waals surface area contributed by atoms with Crippen LogP contribution in [0.15, 0.2) is 34.8 Å². The van der Waals surface area contributed by atoms with Crippen LogP contribution >= 0.6 is 15.9 Å². The molecule has 1 heterocycles. The highest BCUT2D eigenvalue weighted by Crippen LogP contribution is 2.24. The van der Waals surface area contributed by atoms with E-state index in [1.807, 2.05) is 16.8 Å². The molecule has 1 N–H and O–H groups in total. The van der Waals surface area contributed by atoms with E-state index >= 15 is 0 Å². The Kier molecular flexibility index (Phi) is 5.38. The van der Waals surface area contributed by atoms with Gasteiger partial charge in [0.2, 0.25) is 0 Å². The van der Waals surface area contributed by atoms with Gasteiger partial charge in [-0.25, -0.2) is 0 Å². The summed E-state index contributed by atoms with van der Waals surface area (Å²) < 4.78 is 3.09. The van der Waals surface area contributed by atoms with Crippen molar-refractivity contribution in [1.82, 2.24) is 9.78 Å². The van der Waals surface area contributed by atoms with Crippen LogP contribution in [0.25, 0.3) is 0 Å². The Hall–Kier alpha value is -1.13. The molecule has 0 saturated heterocycles. The molecular weight excluding hydrogens is 316 g/mol. The first-order valence-corrected chi connectivity index (χ1v) is 7.89. The van der Waals surface area contributed by atoms with Gasteiger partial charge in [-0.1, -0.05) is 35.0 Å². The van der Waals surface area contributed by atoms with E-state index in [0.29, 0.717) is 0 Å². The molecule has 108 valence electrons. The van der Waals surface area contributed by atoms with Crippen molar-refractivity contribution in [3.63, 3.8) is 0 Å². The standard InChI is InChI=1S/C16H21BrN2O/c1-3-15-10-16(19(4-2)18-15)9-13(11-20)12-6-5-7-14(17)8-12/h5-8,10,13,20H,3-4,9,11H2,1-2H3. The Morgan fingerprint density at radius 3 is 2.70 bits per heavy atom. The zero-order valence-electron chi connectivity index (χ0n) is 12.0. The molecule has 1 unspecified atom stereocenters. The minimum Gasteiger partial charge on any atom is -0.396 e. The summed E-state index contributed by atoms with van der Waals surface area (Å²) in [6.07, 6.45) is 1.76. The average Bonchev–Trinajstić information content (AvgIpc) is 2.87. The third-order valence-electron chi connectivity index (χ3n) is 3.57. The number of halogens is 1. The monoisotopic (exact) mass is 336 g/mol. The predicted octanol–water partition coefficient (Wildman–Crippen LogP) is 3.55. The maximum atomic E-state index is 9.71. The number of rotatable bonds is 6. The summed E-state index contributed by atoms with van der Waals surface area (Å²) in [4.78, 5) is 0. The predicted molar refractivity (Wildman–Crippen MR) is 85.0 cm³/mol. The van der Waals surface area contributed by atoms with Crippen molar-refractivity contribution in [2.24, 2.45) is 0 Å². The lowest BCUT2D eigenvalue weighted by Crippen LogP contribution is -2.12. The first kappa shape index (κ1) is 15.3. The maximum Gasteiger partial charge on any atom is 0.0624 e. The first-order valence-electron chi connectivity index (χ1n) is 7.09. The van der Waals surface area contributed by atoms with E-state index in [1.165, 1.54) is 5.69 Å². The summed E-state index contributed by atoms with van der Waals surface area (Å²) in [6.45, 7) is 5.23. The van der Waals surface area contributed by atoms with Gasteiger partial charge in [0.25, 0.3) is 0 Å². The quantitative estimate of drug-likeness (QED) is 0.875. The molecule has 4 heteroatoms. The van der Waals surface area contributed by atoms with Gasteiger partial charge in [-0.05, 0) is 43.5 Å². The van der Waals surface area contributed by atoms with Crippen molar-refractivity contribution in [2.75, 3.05) is 6.61 Å². The summed E-state index contributed by atoms with van der Waals surface area (Å²) in [6, 6.07) is 10.3. The molecule has 2 rings (SSSR count). The number of aromatic nitrogens is 2. The van der Waals surface area contributed by atoms with Crippen molar-refractivity contribution in [3.05, 3.63) is 51.8 Å².